The molecule has 2 rings (SSSR count). The van der Waals surface area contributed by atoms with Gasteiger partial charge < -0.3 is 9.30 Å². The van der Waals surface area contributed by atoms with Crippen LogP contribution in [0.2, 0.25) is 5.02 Å². The first-order valence-electron chi connectivity index (χ1n) is 7.73. The molecule has 0 amide bonds. The van der Waals surface area contributed by atoms with E-state index < -0.39 is 0 Å². The lowest BCUT2D eigenvalue weighted by molar-refractivity contribution is 0.0920. The monoisotopic (exact) mass is 333 g/mol. The normalized spacial score (nSPS) is 11.6. The number of aryl methyl sites for hydroxylation is 2. The first-order valence-corrected chi connectivity index (χ1v) is 8.10. The quantitative estimate of drug-likeness (QED) is 0.730. The second kappa shape index (κ2) is 6.40. The SMILES string of the molecule is Cc1ccc(Cl)c(OCC(=O)c2cc(C)n(C(C)(C)C)c2C)c1. The maximum Gasteiger partial charge on any atom is 0.202 e. The number of nitrogens with zero attached hydrogens (tertiary/aromatic N) is 1. The third-order valence-electron chi connectivity index (χ3n) is 3.85. The molecule has 0 radical (unpaired) electrons. The van der Waals surface area contributed by atoms with Gasteiger partial charge in [0.2, 0.25) is 5.78 Å². The average molecular weight is 334 g/mol. The van der Waals surface area contributed by atoms with Gasteiger partial charge in [-0.1, -0.05) is 17.7 Å². The van der Waals surface area contributed by atoms with Gasteiger partial charge in [0, 0.05) is 22.5 Å². The summed E-state index contributed by atoms with van der Waals surface area (Å²) >= 11 is 6.11. The van der Waals surface area contributed by atoms with E-state index >= 15 is 0 Å². The van der Waals surface area contributed by atoms with Crippen LogP contribution in [0.1, 0.15) is 48.1 Å². The van der Waals surface area contributed by atoms with Crippen molar-refractivity contribution >= 4 is 17.4 Å². The van der Waals surface area contributed by atoms with Crippen molar-refractivity contribution in [1.82, 2.24) is 4.57 Å². The second-order valence-corrected chi connectivity index (χ2v) is 7.34. The summed E-state index contributed by atoms with van der Waals surface area (Å²) in [6.45, 7) is 12.3. The van der Waals surface area contributed by atoms with E-state index in [0.29, 0.717) is 16.3 Å². The van der Waals surface area contributed by atoms with E-state index in [1.807, 2.05) is 39.0 Å². The van der Waals surface area contributed by atoms with E-state index in [0.717, 1.165) is 17.0 Å². The first kappa shape index (κ1) is 17.6. The number of benzene rings is 1. The van der Waals surface area contributed by atoms with E-state index in [2.05, 4.69) is 25.3 Å². The lowest BCUT2D eigenvalue weighted by Gasteiger charge is -2.25. The highest BCUT2D eigenvalue weighted by atomic mass is 35.5. The highest BCUT2D eigenvalue weighted by Crippen LogP contribution is 2.27. The number of Topliss-reactive ketones (excluding diaryl/α,β-unsaturated/α-hetero) is 1. The minimum absolute atomic E-state index is 0.0163. The summed E-state index contributed by atoms with van der Waals surface area (Å²) in [5, 5.41) is 0.517. The maximum atomic E-state index is 12.5. The molecule has 0 N–H and O–H groups in total. The van der Waals surface area contributed by atoms with Gasteiger partial charge in [-0.3, -0.25) is 4.79 Å². The van der Waals surface area contributed by atoms with Gasteiger partial charge in [0.1, 0.15) is 5.75 Å². The van der Waals surface area contributed by atoms with Crippen molar-refractivity contribution in [3.8, 4) is 5.75 Å². The summed E-state index contributed by atoms with van der Waals surface area (Å²) in [6, 6.07) is 7.47. The third-order valence-corrected chi connectivity index (χ3v) is 4.16. The standard InChI is InChI=1S/C19H24ClNO2/c1-12-7-8-16(20)18(9-12)23-11-17(22)15-10-13(2)21(14(15)3)19(4,5)6/h7-10H,11H2,1-6H3. The molecule has 23 heavy (non-hydrogen) atoms. The van der Waals surface area contributed by atoms with E-state index in [9.17, 15) is 4.79 Å². The van der Waals surface area contributed by atoms with E-state index in [-0.39, 0.29) is 17.9 Å². The topological polar surface area (TPSA) is 31.2 Å². The van der Waals surface area contributed by atoms with Crippen LogP contribution in [-0.4, -0.2) is 17.0 Å². The lowest BCUT2D eigenvalue weighted by Crippen LogP contribution is -2.24. The number of halogens is 1. The predicted octanol–water partition coefficient (Wildman–Crippen LogP) is 5.08. The molecule has 0 unspecified atom stereocenters. The number of carbonyl (C=O) groups excluding carboxylic acids is 1. The Bertz CT molecular complexity index is 739. The maximum absolute atomic E-state index is 12.5. The Morgan fingerprint density at radius 2 is 1.83 bits per heavy atom. The third kappa shape index (κ3) is 3.78. The van der Waals surface area contributed by atoms with E-state index in [4.69, 9.17) is 16.3 Å². The molecule has 0 spiro atoms. The van der Waals surface area contributed by atoms with Gasteiger partial charge in [-0.2, -0.15) is 0 Å². The minimum Gasteiger partial charge on any atom is -0.484 e. The minimum atomic E-state index is -0.0621. The van der Waals surface area contributed by atoms with Crippen LogP contribution < -0.4 is 4.74 Å². The van der Waals surface area contributed by atoms with Gasteiger partial charge in [-0.05, 0) is 65.3 Å². The van der Waals surface area contributed by atoms with Gasteiger partial charge in [0.25, 0.3) is 0 Å². The molecule has 1 aromatic carbocycles. The molecule has 1 heterocycles. The molecule has 0 aliphatic heterocycles. The Morgan fingerprint density at radius 1 is 1.17 bits per heavy atom. The molecular formula is C19H24ClNO2. The van der Waals surface area contributed by atoms with Crippen molar-refractivity contribution in [1.29, 1.82) is 0 Å². The first-order chi connectivity index (χ1) is 10.6. The number of rotatable bonds is 4. The zero-order chi connectivity index (χ0) is 17.4. The second-order valence-electron chi connectivity index (χ2n) is 6.94. The number of carbonyl (C=O) groups is 1. The number of ether oxygens (including phenoxy) is 1. The van der Waals surface area contributed by atoms with Crippen molar-refractivity contribution in [2.75, 3.05) is 6.61 Å². The summed E-state index contributed by atoms with van der Waals surface area (Å²) in [7, 11) is 0. The van der Waals surface area contributed by atoms with E-state index in [1.54, 1.807) is 6.07 Å². The molecule has 0 saturated carbocycles. The van der Waals surface area contributed by atoms with Crippen LogP contribution >= 0.6 is 11.6 Å². The van der Waals surface area contributed by atoms with Crippen LogP contribution in [0.25, 0.3) is 0 Å². The molecule has 3 nitrogen and oxygen atoms in total. The fourth-order valence-corrected chi connectivity index (χ4v) is 3.19. The molecule has 0 saturated heterocycles. The van der Waals surface area contributed by atoms with Crippen LogP contribution in [0.5, 0.6) is 5.75 Å². The van der Waals surface area contributed by atoms with Crippen LogP contribution in [0.3, 0.4) is 0 Å². The van der Waals surface area contributed by atoms with Gasteiger partial charge in [-0.25, -0.2) is 0 Å². The molecule has 4 heteroatoms. The summed E-state index contributed by atoms with van der Waals surface area (Å²) < 4.78 is 7.81. The molecule has 0 aliphatic rings. The fourth-order valence-electron chi connectivity index (χ4n) is 3.02. The molecule has 0 bridgehead atoms. The van der Waals surface area contributed by atoms with Crippen LogP contribution in [0, 0.1) is 20.8 Å². The highest BCUT2D eigenvalue weighted by Gasteiger charge is 2.23. The number of ketones is 1. The van der Waals surface area contributed by atoms with E-state index in [1.165, 1.54) is 0 Å². The van der Waals surface area contributed by atoms with Gasteiger partial charge in [0.05, 0.1) is 5.02 Å². The van der Waals surface area contributed by atoms with Crippen molar-refractivity contribution in [3.05, 3.63) is 51.8 Å². The van der Waals surface area contributed by atoms with Gasteiger partial charge in [-0.15, -0.1) is 0 Å². The molecule has 0 fully saturated rings. The van der Waals surface area contributed by atoms with Crippen LogP contribution in [-0.2, 0) is 5.54 Å². The predicted molar refractivity (Wildman–Crippen MR) is 94.9 cm³/mol. The highest BCUT2D eigenvalue weighted by molar-refractivity contribution is 6.32. The van der Waals surface area contributed by atoms with Crippen molar-refractivity contribution in [3.63, 3.8) is 0 Å². The Kier molecular flexibility index (Phi) is 4.90. The summed E-state index contributed by atoms with van der Waals surface area (Å²) in [5.74, 6) is 0.510. The zero-order valence-corrected chi connectivity index (χ0v) is 15.4. The lowest BCUT2D eigenvalue weighted by atomic mass is 10.1. The smallest absolute Gasteiger partial charge is 0.202 e. The van der Waals surface area contributed by atoms with Crippen molar-refractivity contribution in [2.24, 2.45) is 0 Å². The number of hydrogen-bond donors (Lipinski definition) is 0. The van der Waals surface area contributed by atoms with Gasteiger partial charge >= 0.3 is 0 Å². The Labute approximate surface area is 143 Å². The largest absolute Gasteiger partial charge is 0.484 e. The molecule has 0 aliphatic carbocycles. The average Bonchev–Trinajstić information content (AvgIpc) is 2.74. The van der Waals surface area contributed by atoms with Crippen LogP contribution in [0.4, 0.5) is 0 Å². The molecule has 0 atom stereocenters. The molecule has 124 valence electrons. The Balaban J connectivity index is 2.21. The number of aromatic nitrogens is 1. The molecule has 2 aromatic rings. The molecule has 1 aromatic heterocycles. The van der Waals surface area contributed by atoms with Crippen LogP contribution in [0.15, 0.2) is 24.3 Å². The van der Waals surface area contributed by atoms with Crippen molar-refractivity contribution < 1.29 is 9.53 Å². The molecular weight excluding hydrogens is 310 g/mol. The summed E-state index contributed by atoms with van der Waals surface area (Å²) in [5.41, 5.74) is 3.74. The Hall–Kier alpha value is -1.74. The van der Waals surface area contributed by atoms with Crippen molar-refractivity contribution in [2.45, 2.75) is 47.1 Å². The number of hydrogen-bond acceptors (Lipinski definition) is 2. The summed E-state index contributed by atoms with van der Waals surface area (Å²) in [4.78, 5) is 12.5. The van der Waals surface area contributed by atoms with Gasteiger partial charge in [0.15, 0.2) is 6.61 Å². The summed E-state index contributed by atoms with van der Waals surface area (Å²) in [6.07, 6.45) is 0. The fraction of sp³-hybridized carbons (Fsp3) is 0.421. The Morgan fingerprint density at radius 3 is 2.39 bits per heavy atom. The zero-order valence-electron chi connectivity index (χ0n) is 14.7.